The number of pyridine rings is 1. The normalized spacial score (nSPS) is 11.0. The summed E-state index contributed by atoms with van der Waals surface area (Å²) in [4.78, 5) is 8.31. The summed E-state index contributed by atoms with van der Waals surface area (Å²) in [7, 11) is 0. The molecule has 1 aromatic carbocycles. The lowest BCUT2D eigenvalue weighted by molar-refractivity contribution is -0.0504. The topological polar surface area (TPSA) is 61.0 Å². The molecule has 23 heavy (non-hydrogen) atoms. The van der Waals surface area contributed by atoms with Gasteiger partial charge in [-0.05, 0) is 24.6 Å². The van der Waals surface area contributed by atoms with E-state index in [1.807, 2.05) is 6.92 Å². The average Bonchev–Trinajstić information content (AvgIpc) is 2.97. The summed E-state index contributed by atoms with van der Waals surface area (Å²) >= 11 is 0. The fourth-order valence-corrected chi connectivity index (χ4v) is 2.18. The van der Waals surface area contributed by atoms with Crippen molar-refractivity contribution in [3.05, 3.63) is 59.7 Å². The maximum atomic E-state index is 12.4. The number of rotatable bonds is 5. The van der Waals surface area contributed by atoms with E-state index in [1.165, 1.54) is 6.07 Å². The number of nitrogens with zero attached hydrogens (tertiary/aromatic N) is 3. The summed E-state index contributed by atoms with van der Waals surface area (Å²) in [6.45, 7) is -0.991. The Morgan fingerprint density at radius 2 is 2.04 bits per heavy atom. The van der Waals surface area contributed by atoms with Crippen LogP contribution >= 0.6 is 0 Å². The van der Waals surface area contributed by atoms with Crippen LogP contribution in [0.2, 0.25) is 0 Å². The van der Waals surface area contributed by atoms with E-state index >= 15 is 0 Å². The van der Waals surface area contributed by atoms with Crippen LogP contribution in [0.25, 0.3) is 11.5 Å². The van der Waals surface area contributed by atoms with Gasteiger partial charge in [0, 0.05) is 29.9 Å². The number of ether oxygens (including phenoxy) is 1. The molecule has 0 radical (unpaired) electrons. The Labute approximate surface area is 130 Å². The number of benzene rings is 1. The summed E-state index contributed by atoms with van der Waals surface area (Å²) in [5, 5.41) is 3.90. The molecule has 0 saturated heterocycles. The molecular formula is C16H13F2N3O2. The lowest BCUT2D eigenvalue weighted by Crippen LogP contribution is -2.05. The Hall–Kier alpha value is -2.83. The minimum absolute atomic E-state index is 0.106. The second kappa shape index (κ2) is 6.51. The molecule has 0 saturated carbocycles. The molecule has 0 amide bonds. The van der Waals surface area contributed by atoms with Crippen LogP contribution < -0.4 is 4.74 Å². The highest BCUT2D eigenvalue weighted by molar-refractivity contribution is 5.56. The van der Waals surface area contributed by atoms with Crippen molar-refractivity contribution < 1.29 is 18.0 Å². The first-order chi connectivity index (χ1) is 11.1. The van der Waals surface area contributed by atoms with Crippen molar-refractivity contribution in [3.63, 3.8) is 0 Å². The van der Waals surface area contributed by atoms with Gasteiger partial charge >= 0.3 is 6.61 Å². The van der Waals surface area contributed by atoms with Crippen molar-refractivity contribution in [2.24, 2.45) is 0 Å². The Morgan fingerprint density at radius 1 is 1.22 bits per heavy atom. The zero-order valence-electron chi connectivity index (χ0n) is 12.2. The molecule has 2 heterocycles. The zero-order chi connectivity index (χ0) is 16.2. The van der Waals surface area contributed by atoms with Gasteiger partial charge in [0.05, 0.1) is 0 Å². The van der Waals surface area contributed by atoms with Crippen molar-refractivity contribution >= 4 is 0 Å². The molecule has 0 aliphatic heterocycles. The van der Waals surface area contributed by atoms with Gasteiger partial charge in [-0.25, -0.2) is 0 Å². The fourth-order valence-electron chi connectivity index (χ4n) is 2.18. The number of para-hydroxylation sites is 1. The van der Waals surface area contributed by atoms with Crippen LogP contribution in [0.15, 0.2) is 47.2 Å². The molecule has 2 aromatic heterocycles. The highest BCUT2D eigenvalue weighted by Gasteiger charge is 2.14. The molecule has 118 valence electrons. The predicted molar refractivity (Wildman–Crippen MR) is 78.1 cm³/mol. The molecule has 0 unspecified atom stereocenters. The van der Waals surface area contributed by atoms with Gasteiger partial charge in [0.25, 0.3) is 5.89 Å². The summed E-state index contributed by atoms with van der Waals surface area (Å²) in [6, 6.07) is 8.31. The van der Waals surface area contributed by atoms with E-state index < -0.39 is 6.61 Å². The van der Waals surface area contributed by atoms with Gasteiger partial charge in [-0.1, -0.05) is 23.4 Å². The SMILES string of the molecule is Cc1cnccc1-c1nc(Cc2ccccc2OC(F)F)no1. The van der Waals surface area contributed by atoms with Crippen LogP contribution in [0.1, 0.15) is 17.0 Å². The second-order valence-electron chi connectivity index (χ2n) is 4.87. The third-order valence-electron chi connectivity index (χ3n) is 3.26. The van der Waals surface area contributed by atoms with Gasteiger partial charge in [0.2, 0.25) is 0 Å². The number of aromatic nitrogens is 3. The Bertz CT molecular complexity index is 805. The van der Waals surface area contributed by atoms with Crippen molar-refractivity contribution in [1.82, 2.24) is 15.1 Å². The molecule has 0 spiro atoms. The van der Waals surface area contributed by atoms with Gasteiger partial charge in [-0.3, -0.25) is 4.98 Å². The van der Waals surface area contributed by atoms with Crippen molar-refractivity contribution in [3.8, 4) is 17.2 Å². The lowest BCUT2D eigenvalue weighted by Gasteiger charge is -2.08. The zero-order valence-corrected chi connectivity index (χ0v) is 12.2. The summed E-state index contributed by atoms with van der Waals surface area (Å²) < 4.78 is 34.6. The van der Waals surface area contributed by atoms with Crippen LogP contribution in [0.5, 0.6) is 5.75 Å². The maximum absolute atomic E-state index is 12.4. The number of hydrogen-bond donors (Lipinski definition) is 0. The molecule has 0 fully saturated rings. The smallest absolute Gasteiger partial charge is 0.387 e. The number of aryl methyl sites for hydroxylation is 1. The molecule has 3 aromatic rings. The van der Waals surface area contributed by atoms with E-state index in [0.29, 0.717) is 17.3 Å². The molecule has 5 nitrogen and oxygen atoms in total. The maximum Gasteiger partial charge on any atom is 0.387 e. The quantitative estimate of drug-likeness (QED) is 0.719. The molecule has 0 atom stereocenters. The first-order valence-corrected chi connectivity index (χ1v) is 6.90. The number of hydrogen-bond acceptors (Lipinski definition) is 5. The summed E-state index contributed by atoms with van der Waals surface area (Å²) in [5.74, 6) is 0.864. The third-order valence-corrected chi connectivity index (χ3v) is 3.26. The van der Waals surface area contributed by atoms with Crippen LogP contribution in [-0.2, 0) is 6.42 Å². The van der Waals surface area contributed by atoms with E-state index in [0.717, 1.165) is 11.1 Å². The largest absolute Gasteiger partial charge is 0.435 e. The Balaban J connectivity index is 1.84. The van der Waals surface area contributed by atoms with Crippen LogP contribution in [0.4, 0.5) is 8.78 Å². The Morgan fingerprint density at radius 3 is 2.83 bits per heavy atom. The van der Waals surface area contributed by atoms with Gasteiger partial charge in [0.15, 0.2) is 5.82 Å². The molecule has 0 N–H and O–H groups in total. The minimum Gasteiger partial charge on any atom is -0.435 e. The molecule has 0 bridgehead atoms. The molecule has 7 heteroatoms. The summed E-state index contributed by atoms with van der Waals surface area (Å²) in [6.07, 6.45) is 3.57. The lowest BCUT2D eigenvalue weighted by atomic mass is 10.1. The van der Waals surface area contributed by atoms with E-state index in [2.05, 4.69) is 19.9 Å². The van der Waals surface area contributed by atoms with Gasteiger partial charge in [-0.15, -0.1) is 0 Å². The number of halogens is 2. The van der Waals surface area contributed by atoms with Crippen LogP contribution in [0.3, 0.4) is 0 Å². The first-order valence-electron chi connectivity index (χ1n) is 6.90. The van der Waals surface area contributed by atoms with Crippen LogP contribution in [0, 0.1) is 6.92 Å². The number of alkyl halides is 2. The molecular weight excluding hydrogens is 304 g/mol. The monoisotopic (exact) mass is 317 g/mol. The molecule has 3 rings (SSSR count). The second-order valence-corrected chi connectivity index (χ2v) is 4.87. The van der Waals surface area contributed by atoms with Crippen molar-refractivity contribution in [2.45, 2.75) is 20.0 Å². The average molecular weight is 317 g/mol. The van der Waals surface area contributed by atoms with Crippen molar-refractivity contribution in [1.29, 1.82) is 0 Å². The Kier molecular flexibility index (Phi) is 4.27. The molecule has 0 aliphatic carbocycles. The van der Waals surface area contributed by atoms with Gasteiger partial charge in [-0.2, -0.15) is 13.8 Å². The standard InChI is InChI=1S/C16H13F2N3O2/c1-10-9-19-7-6-12(10)15-20-14(21-23-15)8-11-4-2-3-5-13(11)22-16(17)18/h2-7,9,16H,8H2,1H3. The first kappa shape index (κ1) is 15.1. The van der Waals surface area contributed by atoms with Crippen LogP contribution in [-0.4, -0.2) is 21.7 Å². The van der Waals surface area contributed by atoms with E-state index in [-0.39, 0.29) is 12.2 Å². The highest BCUT2D eigenvalue weighted by atomic mass is 19.3. The minimum atomic E-state index is -2.88. The third kappa shape index (κ3) is 3.50. The summed E-state index contributed by atoms with van der Waals surface area (Å²) in [5.41, 5.74) is 2.26. The van der Waals surface area contributed by atoms with Gasteiger partial charge in [0.1, 0.15) is 5.75 Å². The molecule has 0 aliphatic rings. The van der Waals surface area contributed by atoms with E-state index in [1.54, 1.807) is 36.7 Å². The van der Waals surface area contributed by atoms with E-state index in [9.17, 15) is 8.78 Å². The fraction of sp³-hybridized carbons (Fsp3) is 0.188. The highest BCUT2D eigenvalue weighted by Crippen LogP contribution is 2.24. The van der Waals surface area contributed by atoms with Crippen molar-refractivity contribution in [2.75, 3.05) is 0 Å². The van der Waals surface area contributed by atoms with E-state index in [4.69, 9.17) is 4.52 Å². The van der Waals surface area contributed by atoms with Gasteiger partial charge < -0.3 is 9.26 Å². The predicted octanol–water partition coefficient (Wildman–Crippen LogP) is 3.63.